The van der Waals surface area contributed by atoms with E-state index < -0.39 is 0 Å². The molecule has 0 fully saturated rings. The number of anilines is 1. The van der Waals surface area contributed by atoms with Gasteiger partial charge < -0.3 is 15.4 Å². The average molecular weight is 308 g/mol. The minimum absolute atomic E-state index is 0.108. The number of rotatable bonds is 6. The van der Waals surface area contributed by atoms with Crippen molar-refractivity contribution in [1.29, 1.82) is 0 Å². The number of hydrogen-bond acceptors (Lipinski definition) is 4. The van der Waals surface area contributed by atoms with Crippen LogP contribution in [0.15, 0.2) is 29.4 Å². The summed E-state index contributed by atoms with van der Waals surface area (Å²) in [5.41, 5.74) is 5.16. The first-order chi connectivity index (χ1) is 10.0. The minimum Gasteiger partial charge on any atom is -0.383 e. The summed E-state index contributed by atoms with van der Waals surface area (Å²) in [4.78, 5) is 11.0. The Labute approximate surface area is 129 Å². The van der Waals surface area contributed by atoms with E-state index in [1.807, 2.05) is 31.2 Å². The molecule has 21 heavy (non-hydrogen) atoms. The van der Waals surface area contributed by atoms with E-state index in [1.54, 1.807) is 7.11 Å². The zero-order valence-electron chi connectivity index (χ0n) is 12.4. The van der Waals surface area contributed by atoms with Gasteiger partial charge in [0, 0.05) is 26.3 Å². The van der Waals surface area contributed by atoms with Crippen LogP contribution in [-0.2, 0) is 9.53 Å². The molecule has 1 aromatic carbocycles. The quantitative estimate of drug-likeness (QED) is 0.321. The van der Waals surface area contributed by atoms with Crippen LogP contribution in [0.3, 0.4) is 0 Å². The standard InChI is InChI=1S/C14H20N4O2S/c1-10(17-18-14(21)15-7-8-20-3)12-5-4-6-13(9-12)16-11(2)19/h4-6,9H,7-8H2,1-3H3,(H,16,19)(H2,15,18,21)/b17-10-. The Morgan fingerprint density at radius 1 is 1.38 bits per heavy atom. The summed E-state index contributed by atoms with van der Waals surface area (Å²) in [6, 6.07) is 7.44. The van der Waals surface area contributed by atoms with Crippen LogP contribution in [-0.4, -0.2) is 37.0 Å². The Hall–Kier alpha value is -1.99. The second-order valence-corrected chi connectivity index (χ2v) is 4.73. The fraction of sp³-hybridized carbons (Fsp3) is 0.357. The van der Waals surface area contributed by atoms with Crippen LogP contribution in [0.4, 0.5) is 5.69 Å². The normalized spacial score (nSPS) is 10.9. The first kappa shape index (κ1) is 17.1. The number of methoxy groups -OCH3 is 1. The summed E-state index contributed by atoms with van der Waals surface area (Å²) in [5.74, 6) is -0.108. The predicted octanol–water partition coefficient (Wildman–Crippen LogP) is 1.48. The van der Waals surface area contributed by atoms with Gasteiger partial charge in [-0.1, -0.05) is 12.1 Å². The number of amides is 1. The number of benzene rings is 1. The molecule has 0 aromatic heterocycles. The summed E-state index contributed by atoms with van der Waals surface area (Å²) in [7, 11) is 1.63. The molecule has 1 amide bonds. The van der Waals surface area contributed by atoms with Gasteiger partial charge >= 0.3 is 0 Å². The van der Waals surface area contributed by atoms with E-state index in [0.29, 0.717) is 18.3 Å². The SMILES string of the molecule is COCCNC(=S)N/N=C(/C)c1cccc(NC(C)=O)c1. The van der Waals surface area contributed by atoms with Gasteiger partial charge in [-0.05, 0) is 36.8 Å². The van der Waals surface area contributed by atoms with Crippen LogP contribution in [0.2, 0.25) is 0 Å². The van der Waals surface area contributed by atoms with E-state index in [1.165, 1.54) is 6.92 Å². The van der Waals surface area contributed by atoms with Gasteiger partial charge in [0.25, 0.3) is 0 Å². The van der Waals surface area contributed by atoms with Crippen molar-refractivity contribution in [1.82, 2.24) is 10.7 Å². The first-order valence-corrected chi connectivity index (χ1v) is 6.89. The third-order valence-electron chi connectivity index (χ3n) is 2.52. The van der Waals surface area contributed by atoms with Crippen molar-refractivity contribution in [2.45, 2.75) is 13.8 Å². The van der Waals surface area contributed by atoms with E-state index >= 15 is 0 Å². The summed E-state index contributed by atoms with van der Waals surface area (Å²) in [5, 5.41) is 10.3. The second kappa shape index (κ2) is 9.04. The maximum absolute atomic E-state index is 11.0. The highest BCUT2D eigenvalue weighted by Gasteiger charge is 2.01. The first-order valence-electron chi connectivity index (χ1n) is 6.48. The predicted molar refractivity (Wildman–Crippen MR) is 88.6 cm³/mol. The van der Waals surface area contributed by atoms with Crippen LogP contribution < -0.4 is 16.1 Å². The highest BCUT2D eigenvalue weighted by Crippen LogP contribution is 2.11. The lowest BCUT2D eigenvalue weighted by Gasteiger charge is -2.08. The molecule has 114 valence electrons. The monoisotopic (exact) mass is 308 g/mol. The second-order valence-electron chi connectivity index (χ2n) is 4.32. The van der Waals surface area contributed by atoms with Crippen molar-refractivity contribution in [3.8, 4) is 0 Å². The third-order valence-corrected chi connectivity index (χ3v) is 2.75. The summed E-state index contributed by atoms with van der Waals surface area (Å²) in [6.07, 6.45) is 0. The fourth-order valence-electron chi connectivity index (χ4n) is 1.53. The maximum atomic E-state index is 11.0. The highest BCUT2D eigenvalue weighted by molar-refractivity contribution is 7.80. The Bertz CT molecular complexity index is 531. The minimum atomic E-state index is -0.108. The topological polar surface area (TPSA) is 74.8 Å². The molecule has 3 N–H and O–H groups in total. The molecule has 0 spiro atoms. The maximum Gasteiger partial charge on any atom is 0.221 e. The van der Waals surface area contributed by atoms with Gasteiger partial charge in [-0.25, -0.2) is 0 Å². The summed E-state index contributed by atoms with van der Waals surface area (Å²) < 4.78 is 4.91. The molecule has 0 aliphatic carbocycles. The van der Waals surface area contributed by atoms with E-state index in [-0.39, 0.29) is 5.91 Å². The van der Waals surface area contributed by atoms with Crippen molar-refractivity contribution in [2.75, 3.05) is 25.6 Å². The van der Waals surface area contributed by atoms with Crippen LogP contribution >= 0.6 is 12.2 Å². The number of thiocarbonyl (C=S) groups is 1. The smallest absolute Gasteiger partial charge is 0.221 e. The number of nitrogens with zero attached hydrogens (tertiary/aromatic N) is 1. The van der Waals surface area contributed by atoms with Crippen molar-refractivity contribution in [3.05, 3.63) is 29.8 Å². The average Bonchev–Trinajstić information content (AvgIpc) is 2.44. The number of hydrazone groups is 1. The molecule has 1 rings (SSSR count). The van der Waals surface area contributed by atoms with Crippen LogP contribution in [0.25, 0.3) is 0 Å². The van der Waals surface area contributed by atoms with E-state index in [2.05, 4.69) is 21.2 Å². The molecule has 0 saturated carbocycles. The number of ether oxygens (including phenoxy) is 1. The van der Waals surface area contributed by atoms with Crippen LogP contribution in [0, 0.1) is 0 Å². The largest absolute Gasteiger partial charge is 0.383 e. The molecule has 1 aromatic rings. The van der Waals surface area contributed by atoms with Gasteiger partial charge in [0.15, 0.2) is 5.11 Å². The van der Waals surface area contributed by atoms with E-state index in [0.717, 1.165) is 17.0 Å². The molecule has 0 heterocycles. The van der Waals surface area contributed by atoms with Gasteiger partial charge in [-0.2, -0.15) is 5.10 Å². The van der Waals surface area contributed by atoms with Crippen molar-refractivity contribution >= 4 is 34.6 Å². The third kappa shape index (κ3) is 6.82. The molecular weight excluding hydrogens is 288 g/mol. The van der Waals surface area contributed by atoms with Gasteiger partial charge in [-0.15, -0.1) is 0 Å². The number of hydrogen-bond donors (Lipinski definition) is 3. The number of carbonyl (C=O) groups excluding carboxylic acids is 1. The molecule has 0 unspecified atom stereocenters. The molecular formula is C14H20N4O2S. The van der Waals surface area contributed by atoms with Gasteiger partial charge in [0.05, 0.1) is 12.3 Å². The summed E-state index contributed by atoms with van der Waals surface area (Å²) in [6.45, 7) is 4.52. The van der Waals surface area contributed by atoms with Gasteiger partial charge in [-0.3, -0.25) is 10.2 Å². The zero-order valence-corrected chi connectivity index (χ0v) is 13.2. The van der Waals surface area contributed by atoms with E-state index in [4.69, 9.17) is 17.0 Å². The molecule has 0 aliphatic heterocycles. The Kier molecular flexibility index (Phi) is 7.34. The summed E-state index contributed by atoms with van der Waals surface area (Å²) >= 11 is 5.08. The highest BCUT2D eigenvalue weighted by atomic mass is 32.1. The molecule has 0 radical (unpaired) electrons. The Morgan fingerprint density at radius 2 is 2.14 bits per heavy atom. The van der Waals surface area contributed by atoms with Crippen molar-refractivity contribution in [3.63, 3.8) is 0 Å². The van der Waals surface area contributed by atoms with Crippen LogP contribution in [0.1, 0.15) is 19.4 Å². The van der Waals surface area contributed by atoms with E-state index in [9.17, 15) is 4.79 Å². The number of carbonyl (C=O) groups is 1. The zero-order chi connectivity index (χ0) is 15.7. The van der Waals surface area contributed by atoms with Gasteiger partial charge in [0.1, 0.15) is 0 Å². The fourth-order valence-corrected chi connectivity index (χ4v) is 1.68. The molecule has 6 nitrogen and oxygen atoms in total. The van der Waals surface area contributed by atoms with Crippen molar-refractivity contribution < 1.29 is 9.53 Å². The Balaban J connectivity index is 2.61. The lowest BCUT2D eigenvalue weighted by Crippen LogP contribution is -2.34. The molecule has 0 bridgehead atoms. The van der Waals surface area contributed by atoms with Crippen molar-refractivity contribution in [2.24, 2.45) is 5.10 Å². The molecule has 0 saturated heterocycles. The molecule has 0 atom stereocenters. The lowest BCUT2D eigenvalue weighted by molar-refractivity contribution is -0.114. The molecule has 7 heteroatoms. The molecule has 0 aliphatic rings. The van der Waals surface area contributed by atoms with Gasteiger partial charge in [0.2, 0.25) is 5.91 Å². The Morgan fingerprint density at radius 3 is 2.81 bits per heavy atom. The number of nitrogens with one attached hydrogen (secondary N) is 3. The lowest BCUT2D eigenvalue weighted by atomic mass is 10.1. The van der Waals surface area contributed by atoms with Crippen LogP contribution in [0.5, 0.6) is 0 Å².